The van der Waals surface area contributed by atoms with Crippen molar-refractivity contribution in [3.63, 3.8) is 0 Å². The number of fused-ring (bicyclic) bond motifs is 1. The summed E-state index contributed by atoms with van der Waals surface area (Å²) in [4.78, 5) is 0. The van der Waals surface area contributed by atoms with Crippen LogP contribution in [-0.4, -0.2) is 36.5 Å². The molecule has 19 heavy (non-hydrogen) atoms. The topological polar surface area (TPSA) is 47.9 Å². The molecule has 4 saturated carbocycles. The zero-order valence-electron chi connectivity index (χ0n) is 11.4. The largest absolute Gasteiger partial charge is 0.368 e. The van der Waals surface area contributed by atoms with Crippen LogP contribution in [0.3, 0.4) is 0 Å². The number of ether oxygens (including phenoxy) is 3. The standard InChI is InChI=1S/C15H22O4/c1-13-4-5-14(15(8-13)17-6-7-18-15)3-2-9-10(14)11(13)12(16)19-9/h9-12,16H,2-8H2,1H3/t9-,10+,11+,12?,13+,14+/m1/s1. The molecule has 1 N–H and O–H groups in total. The smallest absolute Gasteiger partial charge is 0.174 e. The van der Waals surface area contributed by atoms with Crippen molar-refractivity contribution in [3.8, 4) is 0 Å². The Morgan fingerprint density at radius 2 is 1.84 bits per heavy atom. The second kappa shape index (κ2) is 3.19. The molecule has 6 fully saturated rings. The Labute approximate surface area is 113 Å². The molecule has 2 aliphatic heterocycles. The van der Waals surface area contributed by atoms with Crippen LogP contribution in [-0.2, 0) is 14.2 Å². The molecular weight excluding hydrogens is 244 g/mol. The van der Waals surface area contributed by atoms with Crippen molar-refractivity contribution < 1.29 is 19.3 Å². The summed E-state index contributed by atoms with van der Waals surface area (Å²) >= 11 is 0. The lowest BCUT2D eigenvalue weighted by Gasteiger charge is -2.64. The van der Waals surface area contributed by atoms with E-state index in [4.69, 9.17) is 14.2 Å². The average Bonchev–Trinajstić information content (AvgIpc) is 3.03. The molecule has 0 radical (unpaired) electrons. The first-order valence-electron chi connectivity index (χ1n) is 7.72. The Balaban J connectivity index is 1.70. The molecule has 0 aromatic carbocycles. The highest BCUT2D eigenvalue weighted by molar-refractivity contribution is 5.22. The van der Waals surface area contributed by atoms with Gasteiger partial charge in [-0.2, -0.15) is 0 Å². The van der Waals surface area contributed by atoms with Gasteiger partial charge >= 0.3 is 0 Å². The van der Waals surface area contributed by atoms with Crippen LogP contribution in [0.15, 0.2) is 0 Å². The van der Waals surface area contributed by atoms with Crippen molar-refractivity contribution in [2.75, 3.05) is 13.2 Å². The van der Waals surface area contributed by atoms with Crippen LogP contribution in [0.25, 0.3) is 0 Å². The van der Waals surface area contributed by atoms with Crippen LogP contribution in [0.5, 0.6) is 0 Å². The van der Waals surface area contributed by atoms with Gasteiger partial charge in [0, 0.05) is 23.7 Å². The maximum Gasteiger partial charge on any atom is 0.174 e. The first kappa shape index (κ1) is 11.5. The maximum absolute atomic E-state index is 10.4. The quantitative estimate of drug-likeness (QED) is 0.724. The molecule has 106 valence electrons. The molecule has 2 bridgehead atoms. The van der Waals surface area contributed by atoms with Gasteiger partial charge in [0.15, 0.2) is 12.1 Å². The molecule has 1 unspecified atom stereocenters. The van der Waals surface area contributed by atoms with E-state index < -0.39 is 6.29 Å². The Morgan fingerprint density at radius 3 is 2.63 bits per heavy atom. The Bertz CT molecular complexity index is 432. The number of hydrogen-bond donors (Lipinski definition) is 1. The summed E-state index contributed by atoms with van der Waals surface area (Å²) in [6.45, 7) is 3.76. The van der Waals surface area contributed by atoms with Crippen LogP contribution in [0.2, 0.25) is 0 Å². The normalized spacial score (nSPS) is 60.9. The van der Waals surface area contributed by atoms with Crippen LogP contribution in [0.1, 0.15) is 39.0 Å². The van der Waals surface area contributed by atoms with Crippen molar-refractivity contribution in [2.24, 2.45) is 22.7 Å². The summed E-state index contributed by atoms with van der Waals surface area (Å²) in [5.74, 6) is 0.351. The van der Waals surface area contributed by atoms with E-state index in [2.05, 4.69) is 6.92 Å². The summed E-state index contributed by atoms with van der Waals surface area (Å²) in [6.07, 6.45) is 5.15. The van der Waals surface area contributed by atoms with Crippen molar-refractivity contribution in [1.82, 2.24) is 0 Å². The second-order valence-electron chi connectivity index (χ2n) is 7.59. The fourth-order valence-corrected chi connectivity index (χ4v) is 6.41. The van der Waals surface area contributed by atoms with E-state index in [9.17, 15) is 5.11 Å². The molecule has 0 amide bonds. The van der Waals surface area contributed by atoms with Gasteiger partial charge in [0.2, 0.25) is 0 Å². The lowest BCUT2D eigenvalue weighted by molar-refractivity contribution is -0.331. The lowest BCUT2D eigenvalue weighted by atomic mass is 9.43. The first-order chi connectivity index (χ1) is 9.10. The van der Waals surface area contributed by atoms with Crippen LogP contribution >= 0.6 is 0 Å². The van der Waals surface area contributed by atoms with Gasteiger partial charge in [-0.3, -0.25) is 0 Å². The molecule has 6 atom stereocenters. The summed E-state index contributed by atoms with van der Waals surface area (Å²) in [5, 5.41) is 10.4. The third-order valence-corrected chi connectivity index (χ3v) is 7.02. The molecule has 2 saturated heterocycles. The van der Waals surface area contributed by atoms with E-state index >= 15 is 0 Å². The minimum absolute atomic E-state index is 0.105. The van der Waals surface area contributed by atoms with Gasteiger partial charge in [-0.1, -0.05) is 6.92 Å². The fraction of sp³-hybridized carbons (Fsp3) is 1.00. The van der Waals surface area contributed by atoms with E-state index in [-0.39, 0.29) is 28.6 Å². The first-order valence-corrected chi connectivity index (χ1v) is 7.72. The number of rotatable bonds is 0. The Kier molecular flexibility index (Phi) is 1.93. The molecule has 2 spiro atoms. The minimum Gasteiger partial charge on any atom is -0.368 e. The van der Waals surface area contributed by atoms with E-state index in [1.54, 1.807) is 0 Å². The molecule has 4 nitrogen and oxygen atoms in total. The summed E-state index contributed by atoms with van der Waals surface area (Å²) in [6, 6.07) is 0. The summed E-state index contributed by atoms with van der Waals surface area (Å²) in [7, 11) is 0. The predicted molar refractivity (Wildman–Crippen MR) is 66.1 cm³/mol. The van der Waals surface area contributed by atoms with Crippen LogP contribution in [0.4, 0.5) is 0 Å². The van der Waals surface area contributed by atoms with Gasteiger partial charge in [-0.15, -0.1) is 0 Å². The maximum atomic E-state index is 10.4. The Morgan fingerprint density at radius 1 is 1.05 bits per heavy atom. The van der Waals surface area contributed by atoms with Gasteiger partial charge in [0.25, 0.3) is 0 Å². The molecule has 4 aliphatic carbocycles. The molecule has 6 aliphatic rings. The highest BCUT2D eigenvalue weighted by Gasteiger charge is 2.78. The number of hydrogen-bond acceptors (Lipinski definition) is 4. The van der Waals surface area contributed by atoms with Gasteiger partial charge in [-0.25, -0.2) is 0 Å². The molecule has 4 heteroatoms. The lowest BCUT2D eigenvalue weighted by Crippen LogP contribution is -2.67. The van der Waals surface area contributed by atoms with Gasteiger partial charge < -0.3 is 19.3 Å². The number of aliphatic hydroxyl groups is 1. The van der Waals surface area contributed by atoms with Crippen LogP contribution in [0, 0.1) is 22.7 Å². The number of aliphatic hydroxyl groups excluding tert-OH is 1. The van der Waals surface area contributed by atoms with E-state index in [0.29, 0.717) is 5.92 Å². The van der Waals surface area contributed by atoms with Crippen molar-refractivity contribution in [3.05, 3.63) is 0 Å². The van der Waals surface area contributed by atoms with Crippen molar-refractivity contribution in [1.29, 1.82) is 0 Å². The molecule has 0 aromatic rings. The zero-order chi connectivity index (χ0) is 12.9. The third-order valence-electron chi connectivity index (χ3n) is 7.02. The van der Waals surface area contributed by atoms with Crippen molar-refractivity contribution in [2.45, 2.75) is 57.2 Å². The van der Waals surface area contributed by atoms with E-state index in [1.807, 2.05) is 0 Å². The van der Waals surface area contributed by atoms with Crippen molar-refractivity contribution >= 4 is 0 Å². The molecule has 0 aromatic heterocycles. The fourth-order valence-electron chi connectivity index (χ4n) is 6.41. The average molecular weight is 266 g/mol. The zero-order valence-corrected chi connectivity index (χ0v) is 11.4. The predicted octanol–water partition coefficient (Wildman–Crippen LogP) is 1.66. The van der Waals surface area contributed by atoms with Gasteiger partial charge in [0.05, 0.1) is 19.3 Å². The monoisotopic (exact) mass is 266 g/mol. The SMILES string of the molecule is C[C@@]12CC[C@]3(CC[C@H]4OC(O)[C@@H]1[C@H]43)C1(C2)OCCO1. The highest BCUT2D eigenvalue weighted by atomic mass is 16.7. The summed E-state index contributed by atoms with van der Waals surface area (Å²) in [5.41, 5.74) is 0.212. The highest BCUT2D eigenvalue weighted by Crippen LogP contribution is 2.75. The van der Waals surface area contributed by atoms with Crippen LogP contribution < -0.4 is 0 Å². The van der Waals surface area contributed by atoms with Gasteiger partial charge in [-0.05, 0) is 31.1 Å². The molecule has 6 rings (SSSR count). The minimum atomic E-state index is -0.571. The Hall–Kier alpha value is -0.160. The van der Waals surface area contributed by atoms with E-state index in [1.165, 1.54) is 12.8 Å². The summed E-state index contributed by atoms with van der Waals surface area (Å²) < 4.78 is 18.3. The third kappa shape index (κ3) is 1.06. The second-order valence-corrected chi connectivity index (χ2v) is 7.59. The van der Waals surface area contributed by atoms with Gasteiger partial charge in [0.1, 0.15) is 0 Å². The molecular formula is C15H22O4. The van der Waals surface area contributed by atoms with E-state index in [0.717, 1.165) is 32.5 Å². The molecule has 2 heterocycles.